The fourth-order valence-corrected chi connectivity index (χ4v) is 2.36. The molecule has 1 rings (SSSR count). The quantitative estimate of drug-likeness (QED) is 0.784. The fraction of sp³-hybridized carbons (Fsp3) is 0.667. The van der Waals surface area contributed by atoms with E-state index in [0.29, 0.717) is 13.0 Å². The van der Waals surface area contributed by atoms with Gasteiger partial charge in [0.15, 0.2) is 0 Å². The summed E-state index contributed by atoms with van der Waals surface area (Å²) < 4.78 is 0. The van der Waals surface area contributed by atoms with Crippen LogP contribution >= 0.6 is 11.3 Å². The summed E-state index contributed by atoms with van der Waals surface area (Å²) in [4.78, 5) is 15.7. The second-order valence-corrected chi connectivity index (χ2v) is 5.18. The first-order valence-electron chi connectivity index (χ1n) is 6.05. The number of thiazole rings is 1. The Morgan fingerprint density at radius 1 is 1.53 bits per heavy atom. The van der Waals surface area contributed by atoms with Crippen molar-refractivity contribution in [3.8, 4) is 0 Å². The molecule has 0 bridgehead atoms. The molecule has 0 radical (unpaired) electrons. The van der Waals surface area contributed by atoms with E-state index in [-0.39, 0.29) is 18.0 Å². The van der Waals surface area contributed by atoms with Gasteiger partial charge in [0.2, 0.25) is 5.91 Å². The standard InChI is InChI=1S/C12H21N3OS/c1-4-10(12-14-7-8-17-12)13-6-5-11(16)15-9(2)3/h7-10,13H,4-6H2,1-3H3,(H,15,16). The lowest BCUT2D eigenvalue weighted by Crippen LogP contribution is -2.33. The minimum atomic E-state index is 0.0986. The molecule has 0 aliphatic carbocycles. The minimum absolute atomic E-state index is 0.0986. The normalized spacial score (nSPS) is 12.7. The van der Waals surface area contributed by atoms with Gasteiger partial charge < -0.3 is 10.6 Å². The van der Waals surface area contributed by atoms with Crippen molar-refractivity contribution in [3.63, 3.8) is 0 Å². The number of aromatic nitrogens is 1. The molecule has 1 aromatic rings. The van der Waals surface area contributed by atoms with E-state index in [1.807, 2.05) is 25.4 Å². The van der Waals surface area contributed by atoms with Crippen molar-refractivity contribution in [2.45, 2.75) is 45.7 Å². The summed E-state index contributed by atoms with van der Waals surface area (Å²) in [6.45, 7) is 6.75. The summed E-state index contributed by atoms with van der Waals surface area (Å²) in [5.74, 6) is 0.0986. The van der Waals surface area contributed by atoms with Gasteiger partial charge in [-0.25, -0.2) is 4.98 Å². The number of rotatable bonds is 7. The van der Waals surface area contributed by atoms with Gasteiger partial charge >= 0.3 is 0 Å². The third-order valence-corrected chi connectivity index (χ3v) is 3.24. The zero-order valence-electron chi connectivity index (χ0n) is 10.7. The van der Waals surface area contributed by atoms with Gasteiger partial charge in [0.1, 0.15) is 5.01 Å². The maximum Gasteiger partial charge on any atom is 0.221 e. The van der Waals surface area contributed by atoms with E-state index in [2.05, 4.69) is 22.5 Å². The zero-order chi connectivity index (χ0) is 12.7. The second-order valence-electron chi connectivity index (χ2n) is 4.26. The van der Waals surface area contributed by atoms with Crippen molar-refractivity contribution in [1.29, 1.82) is 0 Å². The lowest BCUT2D eigenvalue weighted by molar-refractivity contribution is -0.121. The number of hydrogen-bond donors (Lipinski definition) is 2. The highest BCUT2D eigenvalue weighted by Gasteiger charge is 2.11. The van der Waals surface area contributed by atoms with Crippen LogP contribution < -0.4 is 10.6 Å². The van der Waals surface area contributed by atoms with E-state index in [0.717, 1.165) is 11.4 Å². The molecule has 0 spiro atoms. The Labute approximate surface area is 107 Å². The largest absolute Gasteiger partial charge is 0.354 e. The summed E-state index contributed by atoms with van der Waals surface area (Å²) >= 11 is 1.65. The van der Waals surface area contributed by atoms with E-state index in [9.17, 15) is 4.79 Å². The Balaban J connectivity index is 2.27. The second kappa shape index (κ2) is 7.40. The SMILES string of the molecule is CCC(NCCC(=O)NC(C)C)c1nccs1. The predicted octanol–water partition coefficient (Wildman–Crippen LogP) is 2.10. The van der Waals surface area contributed by atoms with Crippen molar-refractivity contribution >= 4 is 17.2 Å². The van der Waals surface area contributed by atoms with E-state index in [1.165, 1.54) is 0 Å². The molecule has 0 aliphatic rings. The first-order valence-corrected chi connectivity index (χ1v) is 6.93. The number of nitrogens with zero attached hydrogens (tertiary/aromatic N) is 1. The summed E-state index contributed by atoms with van der Waals surface area (Å²) in [5.41, 5.74) is 0. The highest BCUT2D eigenvalue weighted by molar-refractivity contribution is 7.09. The van der Waals surface area contributed by atoms with E-state index in [1.54, 1.807) is 11.3 Å². The highest BCUT2D eigenvalue weighted by atomic mass is 32.1. The molecule has 1 unspecified atom stereocenters. The van der Waals surface area contributed by atoms with Crippen molar-refractivity contribution < 1.29 is 4.79 Å². The molecule has 2 N–H and O–H groups in total. The molecule has 1 heterocycles. The van der Waals surface area contributed by atoms with Crippen LogP contribution in [0.5, 0.6) is 0 Å². The van der Waals surface area contributed by atoms with Crippen molar-refractivity contribution in [2.24, 2.45) is 0 Å². The van der Waals surface area contributed by atoms with Gasteiger partial charge in [-0.15, -0.1) is 11.3 Å². The van der Waals surface area contributed by atoms with E-state index < -0.39 is 0 Å². The Kier molecular flexibility index (Phi) is 6.15. The van der Waals surface area contributed by atoms with Crippen LogP contribution in [0.15, 0.2) is 11.6 Å². The van der Waals surface area contributed by atoms with Gasteiger partial charge in [-0.1, -0.05) is 6.92 Å². The van der Waals surface area contributed by atoms with Crippen molar-refractivity contribution in [3.05, 3.63) is 16.6 Å². The first-order chi connectivity index (χ1) is 8.13. The highest BCUT2D eigenvalue weighted by Crippen LogP contribution is 2.18. The lowest BCUT2D eigenvalue weighted by Gasteiger charge is -2.14. The number of carbonyl (C=O) groups excluding carboxylic acids is 1. The Hall–Kier alpha value is -0.940. The van der Waals surface area contributed by atoms with Crippen LogP contribution in [0.2, 0.25) is 0 Å². The molecule has 4 nitrogen and oxygen atoms in total. The van der Waals surface area contributed by atoms with Gasteiger partial charge in [-0.05, 0) is 20.3 Å². The molecule has 0 aromatic carbocycles. The van der Waals surface area contributed by atoms with Gasteiger partial charge in [0.25, 0.3) is 0 Å². The summed E-state index contributed by atoms with van der Waals surface area (Å²) in [6.07, 6.45) is 3.31. The molecule has 5 heteroatoms. The zero-order valence-corrected chi connectivity index (χ0v) is 11.5. The summed E-state index contributed by atoms with van der Waals surface area (Å²) in [5, 5.41) is 9.31. The molecule has 0 fully saturated rings. The van der Waals surface area contributed by atoms with Crippen LogP contribution in [0.25, 0.3) is 0 Å². The van der Waals surface area contributed by atoms with E-state index in [4.69, 9.17) is 0 Å². The summed E-state index contributed by atoms with van der Waals surface area (Å²) in [7, 11) is 0. The fourth-order valence-electron chi connectivity index (χ4n) is 1.57. The average Bonchev–Trinajstić information content (AvgIpc) is 2.76. The van der Waals surface area contributed by atoms with Crippen LogP contribution in [0.1, 0.15) is 44.7 Å². The average molecular weight is 255 g/mol. The monoisotopic (exact) mass is 255 g/mol. The minimum Gasteiger partial charge on any atom is -0.354 e. The van der Waals surface area contributed by atoms with Crippen molar-refractivity contribution in [2.75, 3.05) is 6.54 Å². The van der Waals surface area contributed by atoms with Gasteiger partial charge in [0, 0.05) is 30.6 Å². The smallest absolute Gasteiger partial charge is 0.221 e. The van der Waals surface area contributed by atoms with Gasteiger partial charge in [-0.2, -0.15) is 0 Å². The Bertz CT molecular complexity index is 325. The Morgan fingerprint density at radius 2 is 2.29 bits per heavy atom. The molecule has 1 aromatic heterocycles. The maximum atomic E-state index is 11.4. The molecule has 1 amide bonds. The first kappa shape index (κ1) is 14.1. The summed E-state index contributed by atoms with van der Waals surface area (Å²) in [6, 6.07) is 0.477. The number of nitrogens with one attached hydrogen (secondary N) is 2. The third-order valence-electron chi connectivity index (χ3n) is 2.35. The molecular formula is C12H21N3OS. The molecular weight excluding hydrogens is 234 g/mol. The maximum absolute atomic E-state index is 11.4. The van der Waals surface area contributed by atoms with Crippen LogP contribution in [-0.2, 0) is 4.79 Å². The third kappa shape index (κ3) is 5.28. The van der Waals surface area contributed by atoms with E-state index >= 15 is 0 Å². The van der Waals surface area contributed by atoms with Crippen LogP contribution in [0, 0.1) is 0 Å². The molecule has 17 heavy (non-hydrogen) atoms. The number of amides is 1. The Morgan fingerprint density at radius 3 is 2.82 bits per heavy atom. The van der Waals surface area contributed by atoms with Crippen LogP contribution in [0.3, 0.4) is 0 Å². The molecule has 96 valence electrons. The molecule has 1 atom stereocenters. The number of carbonyl (C=O) groups is 1. The molecule has 0 saturated carbocycles. The molecule has 0 saturated heterocycles. The van der Waals surface area contributed by atoms with Gasteiger partial charge in [0.05, 0.1) is 6.04 Å². The predicted molar refractivity (Wildman–Crippen MR) is 71.0 cm³/mol. The van der Waals surface area contributed by atoms with Gasteiger partial charge in [-0.3, -0.25) is 4.79 Å². The topological polar surface area (TPSA) is 54.0 Å². The molecule has 0 aliphatic heterocycles. The lowest BCUT2D eigenvalue weighted by atomic mass is 10.2. The number of hydrogen-bond acceptors (Lipinski definition) is 4. The van der Waals surface area contributed by atoms with Crippen molar-refractivity contribution in [1.82, 2.24) is 15.6 Å². The van der Waals surface area contributed by atoms with Crippen LogP contribution in [0.4, 0.5) is 0 Å². The van der Waals surface area contributed by atoms with Crippen LogP contribution in [-0.4, -0.2) is 23.5 Å².